The Morgan fingerprint density at radius 1 is 1.42 bits per heavy atom. The van der Waals surface area contributed by atoms with Gasteiger partial charge in [-0.05, 0) is 37.8 Å². The van der Waals surface area contributed by atoms with Gasteiger partial charge in [-0.25, -0.2) is 0 Å². The smallest absolute Gasteiger partial charge is 0.191 e. The number of nitrogens with one attached hydrogen (secondary N) is 2. The van der Waals surface area contributed by atoms with E-state index < -0.39 is 0 Å². The number of hydrogen-bond donors (Lipinski definition) is 2. The highest BCUT2D eigenvalue weighted by Gasteiger charge is 2.40. The molecule has 132 valence electrons. The molecule has 3 rings (SSSR count). The van der Waals surface area contributed by atoms with Gasteiger partial charge in [0.05, 0.1) is 11.9 Å². The average Bonchev–Trinajstić information content (AvgIpc) is 3.25. The highest BCUT2D eigenvalue weighted by molar-refractivity contribution is 5.80. The lowest BCUT2D eigenvalue weighted by atomic mass is 9.89. The van der Waals surface area contributed by atoms with E-state index in [9.17, 15) is 0 Å². The number of rotatable bonds is 6. The number of nitrogens with zero attached hydrogens (tertiary/aromatic N) is 1. The maximum absolute atomic E-state index is 6.12. The molecule has 1 unspecified atom stereocenters. The number of aliphatic imine (C=N–C) groups is 1. The second-order valence-corrected chi connectivity index (χ2v) is 6.80. The summed E-state index contributed by atoms with van der Waals surface area (Å²) >= 11 is 0. The summed E-state index contributed by atoms with van der Waals surface area (Å²) in [6.07, 6.45) is 11.5. The van der Waals surface area contributed by atoms with E-state index in [1.807, 2.05) is 18.2 Å². The minimum atomic E-state index is 0.119. The fourth-order valence-corrected chi connectivity index (χ4v) is 3.77. The van der Waals surface area contributed by atoms with E-state index in [1.54, 1.807) is 6.26 Å². The van der Waals surface area contributed by atoms with Gasteiger partial charge in [-0.2, -0.15) is 0 Å². The molecule has 1 spiro atoms. The Bertz CT molecular complexity index is 533. The number of hydrogen-bond acceptors (Lipinski definition) is 3. The van der Waals surface area contributed by atoms with Crippen LogP contribution in [0.3, 0.4) is 0 Å². The monoisotopic (exact) mass is 331 g/mol. The van der Waals surface area contributed by atoms with E-state index in [4.69, 9.17) is 14.1 Å². The van der Waals surface area contributed by atoms with Crippen LogP contribution >= 0.6 is 0 Å². The molecule has 0 bridgehead atoms. The molecule has 5 nitrogen and oxygen atoms in total. The molecule has 2 N–H and O–H groups in total. The van der Waals surface area contributed by atoms with Crippen LogP contribution in [-0.2, 0) is 11.2 Å². The van der Waals surface area contributed by atoms with Gasteiger partial charge in [0.2, 0.25) is 0 Å². The van der Waals surface area contributed by atoms with E-state index in [1.165, 1.54) is 25.7 Å². The second-order valence-electron chi connectivity index (χ2n) is 6.80. The Kier molecular flexibility index (Phi) is 5.96. The predicted octanol–water partition coefficient (Wildman–Crippen LogP) is 3.04. The zero-order valence-corrected chi connectivity index (χ0v) is 14.4. The lowest BCUT2D eigenvalue weighted by Crippen LogP contribution is -2.50. The highest BCUT2D eigenvalue weighted by Crippen LogP contribution is 2.39. The van der Waals surface area contributed by atoms with E-state index in [0.717, 1.165) is 37.6 Å². The van der Waals surface area contributed by atoms with E-state index in [0.29, 0.717) is 19.1 Å². The van der Waals surface area contributed by atoms with E-state index in [2.05, 4.69) is 17.2 Å². The summed E-state index contributed by atoms with van der Waals surface area (Å²) in [5, 5.41) is 6.93. The van der Waals surface area contributed by atoms with Crippen LogP contribution < -0.4 is 10.6 Å². The van der Waals surface area contributed by atoms with Crippen molar-refractivity contribution in [1.82, 2.24) is 10.6 Å². The summed E-state index contributed by atoms with van der Waals surface area (Å²) in [5.74, 6) is 1.83. The van der Waals surface area contributed by atoms with Crippen molar-refractivity contribution < 1.29 is 9.15 Å². The van der Waals surface area contributed by atoms with Crippen molar-refractivity contribution >= 4 is 5.96 Å². The minimum Gasteiger partial charge on any atom is -0.469 e. The molecule has 0 aromatic carbocycles. The average molecular weight is 331 g/mol. The molecule has 0 radical (unpaired) electrons. The third kappa shape index (κ3) is 4.63. The van der Waals surface area contributed by atoms with E-state index in [-0.39, 0.29) is 5.60 Å². The van der Waals surface area contributed by atoms with Crippen molar-refractivity contribution in [3.05, 3.63) is 36.8 Å². The molecule has 1 saturated heterocycles. The summed E-state index contributed by atoms with van der Waals surface area (Å²) in [4.78, 5) is 4.69. The van der Waals surface area contributed by atoms with Gasteiger partial charge in [-0.3, -0.25) is 4.99 Å². The summed E-state index contributed by atoms with van der Waals surface area (Å²) in [6.45, 7) is 6.04. The lowest BCUT2D eigenvalue weighted by molar-refractivity contribution is -0.0815. The van der Waals surface area contributed by atoms with Gasteiger partial charge in [0, 0.05) is 32.2 Å². The molecule has 2 heterocycles. The fraction of sp³-hybridized carbons (Fsp3) is 0.632. The van der Waals surface area contributed by atoms with Crippen molar-refractivity contribution in [1.29, 1.82) is 0 Å². The molecule has 1 saturated carbocycles. The minimum absolute atomic E-state index is 0.119. The van der Waals surface area contributed by atoms with Crippen molar-refractivity contribution in [2.75, 3.05) is 19.7 Å². The quantitative estimate of drug-likeness (QED) is 0.478. The largest absolute Gasteiger partial charge is 0.469 e. The number of furan rings is 1. The van der Waals surface area contributed by atoms with Crippen molar-refractivity contribution in [2.45, 2.75) is 56.6 Å². The van der Waals surface area contributed by atoms with Crippen LogP contribution in [0, 0.1) is 0 Å². The fourth-order valence-electron chi connectivity index (χ4n) is 3.77. The first kappa shape index (κ1) is 17.1. The SMILES string of the molecule is C=CCNC(=NCCc1ccco1)NC1CCOC2(CCCC2)C1. The van der Waals surface area contributed by atoms with Crippen molar-refractivity contribution in [2.24, 2.45) is 4.99 Å². The molecule has 2 aliphatic rings. The highest BCUT2D eigenvalue weighted by atomic mass is 16.5. The van der Waals surface area contributed by atoms with E-state index >= 15 is 0 Å². The molecular weight excluding hydrogens is 302 g/mol. The molecule has 1 aromatic heterocycles. The Balaban J connectivity index is 1.55. The van der Waals surface area contributed by atoms with Crippen LogP contribution in [0.2, 0.25) is 0 Å². The van der Waals surface area contributed by atoms with Gasteiger partial charge in [-0.15, -0.1) is 6.58 Å². The normalized spacial score (nSPS) is 23.3. The first-order valence-corrected chi connectivity index (χ1v) is 9.12. The topological polar surface area (TPSA) is 58.8 Å². The van der Waals surface area contributed by atoms with Crippen LogP contribution in [0.5, 0.6) is 0 Å². The van der Waals surface area contributed by atoms with Crippen LogP contribution in [-0.4, -0.2) is 37.3 Å². The summed E-state index contributed by atoms with van der Waals surface area (Å²) < 4.78 is 11.5. The van der Waals surface area contributed by atoms with Crippen LogP contribution in [0.15, 0.2) is 40.5 Å². The molecule has 1 aliphatic heterocycles. The first-order chi connectivity index (χ1) is 11.8. The Morgan fingerprint density at radius 2 is 2.29 bits per heavy atom. The van der Waals surface area contributed by atoms with Crippen LogP contribution in [0.1, 0.15) is 44.3 Å². The molecule has 1 atom stereocenters. The van der Waals surface area contributed by atoms with Gasteiger partial charge < -0.3 is 19.8 Å². The maximum Gasteiger partial charge on any atom is 0.191 e. The molecule has 2 fully saturated rings. The first-order valence-electron chi connectivity index (χ1n) is 9.12. The van der Waals surface area contributed by atoms with Gasteiger partial charge in [0.1, 0.15) is 5.76 Å². The second kappa shape index (κ2) is 8.38. The Morgan fingerprint density at radius 3 is 3.04 bits per heavy atom. The van der Waals surface area contributed by atoms with Crippen LogP contribution in [0.4, 0.5) is 0 Å². The standard InChI is InChI=1S/C19H29N3O2/c1-2-11-20-18(21-12-7-17-6-5-13-23-17)22-16-8-14-24-19(15-16)9-3-4-10-19/h2,5-6,13,16H,1,3-4,7-12,14-15H2,(H2,20,21,22). The molecular formula is C19H29N3O2. The van der Waals surface area contributed by atoms with Crippen molar-refractivity contribution in [3.63, 3.8) is 0 Å². The molecule has 1 aromatic rings. The number of ether oxygens (including phenoxy) is 1. The summed E-state index contributed by atoms with van der Waals surface area (Å²) in [6, 6.07) is 4.33. The van der Waals surface area contributed by atoms with Gasteiger partial charge >= 0.3 is 0 Å². The summed E-state index contributed by atoms with van der Waals surface area (Å²) in [5.41, 5.74) is 0.119. The Hall–Kier alpha value is -1.75. The lowest BCUT2D eigenvalue weighted by Gasteiger charge is -2.39. The van der Waals surface area contributed by atoms with Gasteiger partial charge in [0.25, 0.3) is 0 Å². The van der Waals surface area contributed by atoms with Gasteiger partial charge in [0.15, 0.2) is 5.96 Å². The zero-order chi connectivity index (χ0) is 16.7. The third-order valence-corrected chi connectivity index (χ3v) is 4.97. The van der Waals surface area contributed by atoms with Gasteiger partial charge in [-0.1, -0.05) is 18.9 Å². The van der Waals surface area contributed by atoms with Crippen LogP contribution in [0.25, 0.3) is 0 Å². The summed E-state index contributed by atoms with van der Waals surface area (Å²) in [7, 11) is 0. The molecule has 0 amide bonds. The molecule has 5 heteroatoms. The zero-order valence-electron chi connectivity index (χ0n) is 14.4. The maximum atomic E-state index is 6.12. The third-order valence-electron chi connectivity index (χ3n) is 4.97. The molecule has 1 aliphatic carbocycles. The number of guanidine groups is 1. The Labute approximate surface area is 144 Å². The predicted molar refractivity (Wildman–Crippen MR) is 96.2 cm³/mol. The molecule has 24 heavy (non-hydrogen) atoms. The van der Waals surface area contributed by atoms with Crippen molar-refractivity contribution in [3.8, 4) is 0 Å².